The zero-order chi connectivity index (χ0) is 26.4. The molecule has 1 aliphatic heterocycles. The Kier molecular flexibility index (Phi) is 8.13. The van der Waals surface area contributed by atoms with Gasteiger partial charge in [0.05, 0.1) is 11.5 Å². The molecule has 1 fully saturated rings. The number of hydrogen-bond acceptors (Lipinski definition) is 6. The number of para-hydroxylation sites is 1. The molecule has 190 valence electrons. The highest BCUT2D eigenvalue weighted by Crippen LogP contribution is 2.32. The van der Waals surface area contributed by atoms with Gasteiger partial charge in [0.25, 0.3) is 0 Å². The van der Waals surface area contributed by atoms with Gasteiger partial charge in [-0.1, -0.05) is 50.2 Å². The molecule has 0 N–H and O–H groups in total. The lowest BCUT2D eigenvalue weighted by atomic mass is 10.0. The molecule has 0 aromatic heterocycles. The van der Waals surface area contributed by atoms with Gasteiger partial charge in [0, 0.05) is 24.2 Å². The number of aryl methyl sites for hydroxylation is 2. The van der Waals surface area contributed by atoms with Crippen LogP contribution in [-0.4, -0.2) is 36.8 Å². The van der Waals surface area contributed by atoms with Crippen molar-refractivity contribution in [2.75, 3.05) is 18.1 Å². The summed E-state index contributed by atoms with van der Waals surface area (Å²) in [6, 6.07) is 20.6. The van der Waals surface area contributed by atoms with Crippen molar-refractivity contribution in [3.05, 3.63) is 95.1 Å². The second kappa shape index (κ2) is 11.6. The van der Waals surface area contributed by atoms with E-state index in [2.05, 4.69) is 0 Å². The SMILES string of the molecule is CCc1cccc(CC)c1N1C[C@H](C(=O)OCC(=O)c2ccc(OC(=O)c3ccccc3)cc2)CC1=O. The van der Waals surface area contributed by atoms with E-state index in [4.69, 9.17) is 9.47 Å². The molecule has 37 heavy (non-hydrogen) atoms. The first kappa shape index (κ1) is 25.8. The number of rotatable bonds is 9. The quantitative estimate of drug-likeness (QED) is 0.238. The number of ketones is 1. The molecule has 0 aliphatic carbocycles. The highest BCUT2D eigenvalue weighted by Gasteiger charge is 2.37. The van der Waals surface area contributed by atoms with Crippen LogP contribution in [0.15, 0.2) is 72.8 Å². The Bertz CT molecular complexity index is 1280. The first-order chi connectivity index (χ1) is 17.9. The van der Waals surface area contributed by atoms with Crippen molar-refractivity contribution in [2.24, 2.45) is 5.92 Å². The Balaban J connectivity index is 1.33. The van der Waals surface area contributed by atoms with Crippen molar-refractivity contribution in [3.8, 4) is 5.75 Å². The molecule has 0 saturated carbocycles. The number of amides is 1. The fourth-order valence-electron chi connectivity index (χ4n) is 4.43. The summed E-state index contributed by atoms with van der Waals surface area (Å²) in [6.07, 6.45) is 1.61. The normalized spacial score (nSPS) is 14.9. The molecule has 1 saturated heterocycles. The molecule has 1 atom stereocenters. The number of Topliss-reactive ketones (excluding diaryl/α,β-unsaturated/α-hetero) is 1. The molecule has 1 heterocycles. The Morgan fingerprint density at radius 3 is 2.11 bits per heavy atom. The largest absolute Gasteiger partial charge is 0.457 e. The average molecular weight is 500 g/mol. The molecule has 0 radical (unpaired) electrons. The molecule has 1 amide bonds. The smallest absolute Gasteiger partial charge is 0.343 e. The van der Waals surface area contributed by atoms with E-state index >= 15 is 0 Å². The Morgan fingerprint density at radius 1 is 0.838 bits per heavy atom. The summed E-state index contributed by atoms with van der Waals surface area (Å²) in [6.45, 7) is 3.88. The summed E-state index contributed by atoms with van der Waals surface area (Å²) in [4.78, 5) is 51.9. The van der Waals surface area contributed by atoms with Gasteiger partial charge in [-0.15, -0.1) is 0 Å². The molecule has 0 spiro atoms. The lowest BCUT2D eigenvalue weighted by Crippen LogP contribution is -2.29. The van der Waals surface area contributed by atoms with Crippen LogP contribution in [0.3, 0.4) is 0 Å². The fourth-order valence-corrected chi connectivity index (χ4v) is 4.43. The van der Waals surface area contributed by atoms with E-state index < -0.39 is 24.5 Å². The lowest BCUT2D eigenvalue weighted by molar-refractivity contribution is -0.147. The fraction of sp³-hybridized carbons (Fsp3) is 0.267. The van der Waals surface area contributed by atoms with Crippen LogP contribution < -0.4 is 9.64 Å². The summed E-state index contributed by atoms with van der Waals surface area (Å²) in [7, 11) is 0. The van der Waals surface area contributed by atoms with Crippen molar-refractivity contribution < 1.29 is 28.7 Å². The van der Waals surface area contributed by atoms with E-state index in [9.17, 15) is 19.2 Å². The molecule has 1 aliphatic rings. The highest BCUT2D eigenvalue weighted by atomic mass is 16.5. The van der Waals surface area contributed by atoms with Gasteiger partial charge < -0.3 is 14.4 Å². The second-order valence-electron chi connectivity index (χ2n) is 8.85. The highest BCUT2D eigenvalue weighted by molar-refractivity contribution is 6.02. The van der Waals surface area contributed by atoms with E-state index in [1.807, 2.05) is 32.0 Å². The number of benzene rings is 3. The molecule has 3 aromatic rings. The zero-order valence-electron chi connectivity index (χ0n) is 20.9. The lowest BCUT2D eigenvalue weighted by Gasteiger charge is -2.23. The number of carbonyl (C=O) groups excluding carboxylic acids is 4. The van der Waals surface area contributed by atoms with Crippen LogP contribution >= 0.6 is 0 Å². The van der Waals surface area contributed by atoms with E-state index in [0.29, 0.717) is 16.9 Å². The number of anilines is 1. The predicted octanol–water partition coefficient (Wildman–Crippen LogP) is 4.81. The van der Waals surface area contributed by atoms with Crippen LogP contribution in [0.25, 0.3) is 0 Å². The van der Waals surface area contributed by atoms with Crippen molar-refractivity contribution in [2.45, 2.75) is 33.1 Å². The van der Waals surface area contributed by atoms with Gasteiger partial charge in [0.15, 0.2) is 12.4 Å². The third-order valence-electron chi connectivity index (χ3n) is 6.44. The van der Waals surface area contributed by atoms with Gasteiger partial charge in [-0.05, 0) is 60.4 Å². The van der Waals surface area contributed by atoms with E-state index in [1.165, 1.54) is 24.3 Å². The van der Waals surface area contributed by atoms with Crippen molar-refractivity contribution in [3.63, 3.8) is 0 Å². The van der Waals surface area contributed by atoms with Crippen molar-refractivity contribution in [1.29, 1.82) is 0 Å². The minimum absolute atomic E-state index is 0.0513. The molecule has 7 heteroatoms. The monoisotopic (exact) mass is 499 g/mol. The van der Waals surface area contributed by atoms with Crippen LogP contribution in [0.2, 0.25) is 0 Å². The Labute approximate surface area is 216 Å². The van der Waals surface area contributed by atoms with Gasteiger partial charge in [-0.3, -0.25) is 14.4 Å². The minimum Gasteiger partial charge on any atom is -0.457 e. The maximum Gasteiger partial charge on any atom is 0.343 e. The standard InChI is InChI=1S/C30H29NO6/c1-3-20-11-8-12-21(4-2)28(20)31-18-24(17-27(31)33)29(34)36-19-26(32)22-13-15-25(16-14-22)37-30(35)23-9-6-5-7-10-23/h5-16,24H,3-4,17-19H2,1-2H3/t24-/m1/s1. The number of hydrogen-bond donors (Lipinski definition) is 0. The zero-order valence-corrected chi connectivity index (χ0v) is 20.9. The molecule has 4 rings (SSSR count). The maximum atomic E-state index is 12.8. The molecule has 7 nitrogen and oxygen atoms in total. The number of ether oxygens (including phenoxy) is 2. The number of carbonyl (C=O) groups is 4. The number of esters is 2. The van der Waals surface area contributed by atoms with Gasteiger partial charge >= 0.3 is 11.9 Å². The summed E-state index contributed by atoms with van der Waals surface area (Å²) in [5.74, 6) is -1.91. The summed E-state index contributed by atoms with van der Waals surface area (Å²) in [5, 5.41) is 0. The first-order valence-corrected chi connectivity index (χ1v) is 12.4. The van der Waals surface area contributed by atoms with E-state index in [0.717, 1.165) is 29.7 Å². The second-order valence-corrected chi connectivity index (χ2v) is 8.85. The van der Waals surface area contributed by atoms with Crippen LogP contribution in [0.4, 0.5) is 5.69 Å². The van der Waals surface area contributed by atoms with Gasteiger partial charge in [0.1, 0.15) is 5.75 Å². The molecule has 0 unspecified atom stereocenters. The minimum atomic E-state index is -0.630. The molecule has 3 aromatic carbocycles. The third-order valence-corrected chi connectivity index (χ3v) is 6.44. The first-order valence-electron chi connectivity index (χ1n) is 12.4. The van der Waals surface area contributed by atoms with Crippen LogP contribution in [-0.2, 0) is 27.2 Å². The van der Waals surface area contributed by atoms with Crippen LogP contribution in [0, 0.1) is 5.92 Å². The average Bonchev–Trinajstić information content (AvgIpc) is 3.32. The Hall–Kier alpha value is -4.26. The molecular formula is C30H29NO6. The van der Waals surface area contributed by atoms with Gasteiger partial charge in [0.2, 0.25) is 5.91 Å². The van der Waals surface area contributed by atoms with Crippen molar-refractivity contribution in [1.82, 2.24) is 0 Å². The topological polar surface area (TPSA) is 90.0 Å². The summed E-state index contributed by atoms with van der Waals surface area (Å²) < 4.78 is 10.6. The molecule has 0 bridgehead atoms. The van der Waals surface area contributed by atoms with Crippen molar-refractivity contribution >= 4 is 29.3 Å². The summed E-state index contributed by atoms with van der Waals surface area (Å²) in [5.41, 5.74) is 3.75. The van der Waals surface area contributed by atoms with Crippen LogP contribution in [0.5, 0.6) is 5.75 Å². The predicted molar refractivity (Wildman–Crippen MR) is 139 cm³/mol. The van der Waals surface area contributed by atoms with E-state index in [-0.39, 0.29) is 24.7 Å². The molecular weight excluding hydrogens is 470 g/mol. The maximum absolute atomic E-state index is 12.8. The Morgan fingerprint density at radius 2 is 1.49 bits per heavy atom. The van der Waals surface area contributed by atoms with E-state index in [1.54, 1.807) is 35.2 Å². The van der Waals surface area contributed by atoms with Gasteiger partial charge in [-0.2, -0.15) is 0 Å². The number of nitrogens with zero attached hydrogens (tertiary/aromatic N) is 1. The third kappa shape index (κ3) is 5.94. The van der Waals surface area contributed by atoms with Crippen LogP contribution in [0.1, 0.15) is 52.1 Å². The van der Waals surface area contributed by atoms with Gasteiger partial charge in [-0.25, -0.2) is 4.79 Å². The summed E-state index contributed by atoms with van der Waals surface area (Å²) >= 11 is 0.